The van der Waals surface area contributed by atoms with Crippen LogP contribution in [0.15, 0.2) is 18.2 Å². The van der Waals surface area contributed by atoms with Gasteiger partial charge in [-0.1, -0.05) is 34.1 Å². The average molecular weight is 347 g/mol. The lowest BCUT2D eigenvalue weighted by atomic mass is 9.76. The normalized spacial score (nSPS) is 12.7. The number of methoxy groups -OCH3 is 1. The van der Waals surface area contributed by atoms with Crippen LogP contribution in [0.2, 0.25) is 0 Å². The van der Waals surface area contributed by atoms with Gasteiger partial charge in [0.25, 0.3) is 0 Å². The van der Waals surface area contributed by atoms with E-state index < -0.39 is 0 Å². The molecule has 0 unspecified atom stereocenters. The first-order valence-electron chi connectivity index (χ1n) is 9.15. The first kappa shape index (κ1) is 21.4. The summed E-state index contributed by atoms with van der Waals surface area (Å²) in [5.74, 6) is 0.570. The maximum absolute atomic E-state index is 12.4. The summed E-state index contributed by atoms with van der Waals surface area (Å²) in [6.45, 7) is 10.7. The number of anilines is 1. The lowest BCUT2D eigenvalue weighted by molar-refractivity contribution is -0.114. The van der Waals surface area contributed by atoms with Gasteiger partial charge in [-0.15, -0.1) is 0 Å². The van der Waals surface area contributed by atoms with E-state index in [2.05, 4.69) is 26.1 Å². The van der Waals surface area contributed by atoms with Gasteiger partial charge in [-0.05, 0) is 47.9 Å². The Morgan fingerprint density at radius 2 is 1.96 bits per heavy atom. The summed E-state index contributed by atoms with van der Waals surface area (Å²) in [6, 6.07) is 5.62. The van der Waals surface area contributed by atoms with E-state index in [1.54, 1.807) is 7.11 Å². The molecule has 1 aromatic carbocycles. The minimum absolute atomic E-state index is 0.105. The van der Waals surface area contributed by atoms with Gasteiger partial charge in [0.2, 0.25) is 5.91 Å². The molecule has 0 fully saturated rings. The first-order valence-corrected chi connectivity index (χ1v) is 9.15. The zero-order valence-electron chi connectivity index (χ0n) is 16.6. The molecule has 0 bridgehead atoms. The van der Waals surface area contributed by atoms with Crippen molar-refractivity contribution in [2.75, 3.05) is 19.0 Å². The molecule has 0 aromatic heterocycles. The van der Waals surface area contributed by atoms with Crippen molar-refractivity contribution in [3.8, 4) is 0 Å². The second-order valence-electron chi connectivity index (χ2n) is 7.55. The van der Waals surface area contributed by atoms with Gasteiger partial charge in [0.15, 0.2) is 5.78 Å². The van der Waals surface area contributed by atoms with Gasteiger partial charge in [0.1, 0.15) is 0 Å². The fourth-order valence-corrected chi connectivity index (χ4v) is 3.21. The lowest BCUT2D eigenvalue weighted by Gasteiger charge is -2.29. The first-order chi connectivity index (χ1) is 11.7. The van der Waals surface area contributed by atoms with Gasteiger partial charge in [-0.25, -0.2) is 0 Å². The van der Waals surface area contributed by atoms with Crippen molar-refractivity contribution in [1.29, 1.82) is 0 Å². The second kappa shape index (κ2) is 9.71. The minimum Gasteiger partial charge on any atom is -0.384 e. The maximum Gasteiger partial charge on any atom is 0.221 e. The van der Waals surface area contributed by atoms with Crippen molar-refractivity contribution >= 4 is 17.4 Å². The number of ether oxygens (including phenoxy) is 1. The van der Waals surface area contributed by atoms with Crippen LogP contribution in [0, 0.1) is 5.92 Å². The van der Waals surface area contributed by atoms with Crippen LogP contribution in [0.1, 0.15) is 76.2 Å². The number of hydrogen-bond acceptors (Lipinski definition) is 3. The zero-order valence-corrected chi connectivity index (χ0v) is 16.6. The monoisotopic (exact) mass is 347 g/mol. The number of ketones is 1. The summed E-state index contributed by atoms with van der Waals surface area (Å²) in [6.07, 6.45) is 3.63. The molecule has 1 amide bonds. The summed E-state index contributed by atoms with van der Waals surface area (Å²) in [5.41, 5.74) is 2.40. The summed E-state index contributed by atoms with van der Waals surface area (Å²) in [7, 11) is 1.73. The zero-order chi connectivity index (χ0) is 19.0. The number of hydrogen-bond donors (Lipinski definition) is 1. The summed E-state index contributed by atoms with van der Waals surface area (Å²) >= 11 is 0. The van der Waals surface area contributed by atoms with E-state index in [0.717, 1.165) is 42.7 Å². The van der Waals surface area contributed by atoms with Gasteiger partial charge < -0.3 is 10.1 Å². The van der Waals surface area contributed by atoms with Crippen molar-refractivity contribution in [2.45, 2.75) is 65.7 Å². The Balaban J connectivity index is 3.03. The SMILES string of the molecule is CCC(=O)c1ccc(NC(C)=O)cc1C(C)(C)CCC[C@@H](C)COC. The highest BCUT2D eigenvalue weighted by molar-refractivity contribution is 5.98. The molecule has 1 aromatic rings. The Hall–Kier alpha value is -1.68. The molecule has 1 atom stereocenters. The van der Waals surface area contributed by atoms with Crippen LogP contribution < -0.4 is 5.32 Å². The van der Waals surface area contributed by atoms with Crippen LogP contribution in [0.4, 0.5) is 5.69 Å². The molecule has 4 nitrogen and oxygen atoms in total. The molecular formula is C21H33NO3. The van der Waals surface area contributed by atoms with Crippen molar-refractivity contribution in [3.05, 3.63) is 29.3 Å². The van der Waals surface area contributed by atoms with E-state index in [1.807, 2.05) is 25.1 Å². The van der Waals surface area contributed by atoms with Crippen LogP contribution in [0.5, 0.6) is 0 Å². The molecule has 0 saturated carbocycles. The average Bonchev–Trinajstić information content (AvgIpc) is 2.53. The highest BCUT2D eigenvalue weighted by Gasteiger charge is 2.26. The number of carbonyl (C=O) groups excluding carboxylic acids is 2. The standard InChI is InChI=1S/C21H33NO3/c1-7-20(24)18-11-10-17(22-16(3)23)13-19(18)21(4,5)12-8-9-15(2)14-25-6/h10-11,13,15H,7-9,12,14H2,1-6H3,(H,22,23)/t15-/m1/s1. The fraction of sp³-hybridized carbons (Fsp3) is 0.619. The number of benzene rings is 1. The highest BCUT2D eigenvalue weighted by atomic mass is 16.5. The van der Waals surface area contributed by atoms with Crippen molar-refractivity contribution in [3.63, 3.8) is 0 Å². The summed E-state index contributed by atoms with van der Waals surface area (Å²) in [5, 5.41) is 2.83. The Kier molecular flexibility index (Phi) is 8.30. The van der Waals surface area contributed by atoms with Crippen LogP contribution in [-0.2, 0) is 14.9 Å². The predicted octanol–water partition coefficient (Wildman–Crippen LogP) is 4.97. The number of nitrogens with one attached hydrogen (secondary N) is 1. The summed E-state index contributed by atoms with van der Waals surface area (Å²) < 4.78 is 5.20. The van der Waals surface area contributed by atoms with E-state index in [-0.39, 0.29) is 17.1 Å². The number of carbonyl (C=O) groups is 2. The second-order valence-corrected chi connectivity index (χ2v) is 7.55. The Labute approximate surface area is 152 Å². The van der Waals surface area contributed by atoms with E-state index in [9.17, 15) is 9.59 Å². The molecule has 4 heteroatoms. The molecular weight excluding hydrogens is 314 g/mol. The van der Waals surface area contributed by atoms with Crippen molar-refractivity contribution in [1.82, 2.24) is 0 Å². The van der Waals surface area contributed by atoms with E-state index in [1.165, 1.54) is 6.92 Å². The highest BCUT2D eigenvalue weighted by Crippen LogP contribution is 2.34. The molecule has 25 heavy (non-hydrogen) atoms. The number of rotatable bonds is 10. The smallest absolute Gasteiger partial charge is 0.221 e. The van der Waals surface area contributed by atoms with Gasteiger partial charge >= 0.3 is 0 Å². The third kappa shape index (κ3) is 6.62. The Morgan fingerprint density at radius 1 is 1.28 bits per heavy atom. The van der Waals surface area contributed by atoms with Crippen LogP contribution in [-0.4, -0.2) is 25.4 Å². The predicted molar refractivity (Wildman–Crippen MR) is 103 cm³/mol. The van der Waals surface area contributed by atoms with E-state index in [4.69, 9.17) is 4.74 Å². The van der Waals surface area contributed by atoms with E-state index >= 15 is 0 Å². The Morgan fingerprint density at radius 3 is 2.52 bits per heavy atom. The third-order valence-corrected chi connectivity index (χ3v) is 4.64. The van der Waals surface area contributed by atoms with Crippen molar-refractivity contribution < 1.29 is 14.3 Å². The molecule has 0 heterocycles. The third-order valence-electron chi connectivity index (χ3n) is 4.64. The molecule has 1 rings (SSSR count). The number of Topliss-reactive ketones (excluding diaryl/α,β-unsaturated/α-hetero) is 1. The fourth-order valence-electron chi connectivity index (χ4n) is 3.21. The lowest BCUT2D eigenvalue weighted by Crippen LogP contribution is -2.22. The molecule has 0 saturated heterocycles. The topological polar surface area (TPSA) is 55.4 Å². The molecule has 0 spiro atoms. The van der Waals surface area contributed by atoms with Crippen LogP contribution >= 0.6 is 0 Å². The van der Waals surface area contributed by atoms with Crippen LogP contribution in [0.25, 0.3) is 0 Å². The largest absolute Gasteiger partial charge is 0.384 e. The van der Waals surface area contributed by atoms with Gasteiger partial charge in [0, 0.05) is 38.3 Å². The van der Waals surface area contributed by atoms with Gasteiger partial charge in [-0.2, -0.15) is 0 Å². The molecule has 1 N–H and O–H groups in total. The molecule has 0 radical (unpaired) electrons. The summed E-state index contributed by atoms with van der Waals surface area (Å²) in [4.78, 5) is 23.7. The van der Waals surface area contributed by atoms with Crippen LogP contribution in [0.3, 0.4) is 0 Å². The minimum atomic E-state index is -0.137. The molecule has 0 aliphatic carbocycles. The molecule has 0 aliphatic heterocycles. The number of amides is 1. The maximum atomic E-state index is 12.4. The van der Waals surface area contributed by atoms with Crippen molar-refractivity contribution in [2.24, 2.45) is 5.92 Å². The van der Waals surface area contributed by atoms with E-state index in [0.29, 0.717) is 12.3 Å². The Bertz CT molecular complexity index is 593. The van der Waals surface area contributed by atoms with Gasteiger partial charge in [-0.3, -0.25) is 9.59 Å². The molecule has 0 aliphatic rings. The molecule has 140 valence electrons. The van der Waals surface area contributed by atoms with Gasteiger partial charge in [0.05, 0.1) is 0 Å². The quantitative estimate of drug-likeness (QED) is 0.608.